The summed E-state index contributed by atoms with van der Waals surface area (Å²) >= 11 is 0. The van der Waals surface area contributed by atoms with Crippen molar-refractivity contribution >= 4 is 5.91 Å². The van der Waals surface area contributed by atoms with Crippen molar-refractivity contribution in [3.05, 3.63) is 18.2 Å². The van der Waals surface area contributed by atoms with Gasteiger partial charge in [-0.15, -0.1) is 0 Å². The topological polar surface area (TPSA) is 50.2 Å². The van der Waals surface area contributed by atoms with Crippen LogP contribution in [0.5, 0.6) is 0 Å². The van der Waals surface area contributed by atoms with Crippen molar-refractivity contribution in [1.82, 2.24) is 19.8 Å². The number of carbonyl (C=O) groups is 1. The van der Waals surface area contributed by atoms with Crippen LogP contribution in [0.15, 0.2) is 12.4 Å². The molecule has 0 atom stereocenters. The fourth-order valence-corrected chi connectivity index (χ4v) is 2.22. The van der Waals surface area contributed by atoms with Crippen LogP contribution in [-0.2, 0) is 17.9 Å². The third-order valence-corrected chi connectivity index (χ3v) is 3.45. The second-order valence-corrected chi connectivity index (χ2v) is 4.83. The summed E-state index contributed by atoms with van der Waals surface area (Å²) in [5, 5.41) is 3.37. The normalized spacial score (nSPS) is 19.2. The van der Waals surface area contributed by atoms with Crippen LogP contribution in [0.3, 0.4) is 0 Å². The average molecular weight is 234 g/mol. The van der Waals surface area contributed by atoms with Gasteiger partial charge in [-0.05, 0) is 12.8 Å². The summed E-state index contributed by atoms with van der Waals surface area (Å²) < 4.78 is 2.12. The number of rotatable bonds is 4. The molecule has 1 aromatic heterocycles. The van der Waals surface area contributed by atoms with E-state index in [1.165, 1.54) is 12.8 Å². The third kappa shape index (κ3) is 2.49. The Hall–Kier alpha value is -1.36. The lowest BCUT2D eigenvalue weighted by Crippen LogP contribution is -2.39. The molecule has 0 radical (unpaired) electrons. The fourth-order valence-electron chi connectivity index (χ4n) is 2.22. The second-order valence-electron chi connectivity index (χ2n) is 4.83. The summed E-state index contributed by atoms with van der Waals surface area (Å²) in [6.45, 7) is 3.16. The Morgan fingerprint density at radius 2 is 2.35 bits per heavy atom. The Morgan fingerprint density at radius 1 is 1.47 bits per heavy atom. The molecule has 17 heavy (non-hydrogen) atoms. The number of fused-ring (bicyclic) bond motifs is 1. The summed E-state index contributed by atoms with van der Waals surface area (Å²) in [4.78, 5) is 18.2. The van der Waals surface area contributed by atoms with Crippen molar-refractivity contribution < 1.29 is 4.79 Å². The maximum atomic E-state index is 12.0. The molecule has 1 aliphatic heterocycles. The molecule has 5 nitrogen and oxygen atoms in total. The fraction of sp³-hybridized carbons (Fsp3) is 0.667. The van der Waals surface area contributed by atoms with Gasteiger partial charge in [-0.2, -0.15) is 0 Å². The molecule has 0 saturated heterocycles. The van der Waals surface area contributed by atoms with E-state index in [1.807, 2.05) is 11.1 Å². The summed E-state index contributed by atoms with van der Waals surface area (Å²) in [6, 6.07) is 0.683. The molecule has 1 aromatic rings. The molecule has 0 spiro atoms. The monoisotopic (exact) mass is 234 g/mol. The zero-order valence-electron chi connectivity index (χ0n) is 9.93. The molecule has 5 heteroatoms. The van der Waals surface area contributed by atoms with Crippen LogP contribution in [0.4, 0.5) is 0 Å². The number of nitrogens with one attached hydrogen (secondary N) is 1. The van der Waals surface area contributed by atoms with Gasteiger partial charge in [-0.3, -0.25) is 4.79 Å². The summed E-state index contributed by atoms with van der Waals surface area (Å²) in [6.07, 6.45) is 6.94. The lowest BCUT2D eigenvalue weighted by molar-refractivity contribution is -0.132. The van der Waals surface area contributed by atoms with Crippen molar-refractivity contribution in [3.63, 3.8) is 0 Å². The first-order valence-electron chi connectivity index (χ1n) is 6.34. The van der Waals surface area contributed by atoms with Crippen molar-refractivity contribution in [2.24, 2.45) is 0 Å². The predicted octanol–water partition coefficient (Wildman–Crippen LogP) is 0.367. The SMILES string of the molecule is O=C(CCNC1CC1)N1CCn2ccnc2C1. The first kappa shape index (κ1) is 10.8. The molecule has 1 fully saturated rings. The van der Waals surface area contributed by atoms with E-state index < -0.39 is 0 Å². The van der Waals surface area contributed by atoms with E-state index >= 15 is 0 Å². The first-order valence-corrected chi connectivity index (χ1v) is 6.34. The molecule has 1 aliphatic carbocycles. The van der Waals surface area contributed by atoms with Gasteiger partial charge < -0.3 is 14.8 Å². The third-order valence-electron chi connectivity index (χ3n) is 3.45. The first-order chi connectivity index (χ1) is 8.33. The molecular formula is C12H18N4O. The van der Waals surface area contributed by atoms with Crippen molar-refractivity contribution in [2.45, 2.75) is 38.4 Å². The van der Waals surface area contributed by atoms with Gasteiger partial charge in [0.15, 0.2) is 0 Å². The Labute approximate surface area is 101 Å². The van der Waals surface area contributed by atoms with E-state index in [0.29, 0.717) is 19.0 Å². The van der Waals surface area contributed by atoms with Crippen LogP contribution in [-0.4, -0.2) is 39.5 Å². The number of hydrogen-bond acceptors (Lipinski definition) is 3. The van der Waals surface area contributed by atoms with Gasteiger partial charge in [0.2, 0.25) is 5.91 Å². The van der Waals surface area contributed by atoms with E-state index in [2.05, 4.69) is 14.9 Å². The summed E-state index contributed by atoms with van der Waals surface area (Å²) in [5.41, 5.74) is 0. The number of carbonyl (C=O) groups excluding carboxylic acids is 1. The molecule has 1 N–H and O–H groups in total. The van der Waals surface area contributed by atoms with Crippen LogP contribution in [0.2, 0.25) is 0 Å². The lowest BCUT2D eigenvalue weighted by Gasteiger charge is -2.27. The van der Waals surface area contributed by atoms with Gasteiger partial charge in [-0.1, -0.05) is 0 Å². The van der Waals surface area contributed by atoms with Gasteiger partial charge >= 0.3 is 0 Å². The Kier molecular flexibility index (Phi) is 2.84. The Morgan fingerprint density at radius 3 is 3.18 bits per heavy atom. The van der Waals surface area contributed by atoms with E-state index in [4.69, 9.17) is 0 Å². The lowest BCUT2D eigenvalue weighted by atomic mass is 10.3. The Balaban J connectivity index is 1.49. The molecule has 0 aromatic carbocycles. The van der Waals surface area contributed by atoms with E-state index in [0.717, 1.165) is 25.5 Å². The zero-order valence-corrected chi connectivity index (χ0v) is 9.93. The number of imidazole rings is 1. The van der Waals surface area contributed by atoms with Gasteiger partial charge in [0.25, 0.3) is 0 Å². The summed E-state index contributed by atoms with van der Waals surface area (Å²) in [5.74, 6) is 1.24. The quantitative estimate of drug-likeness (QED) is 0.818. The van der Waals surface area contributed by atoms with E-state index in [1.54, 1.807) is 6.20 Å². The summed E-state index contributed by atoms with van der Waals surface area (Å²) in [7, 11) is 0. The van der Waals surface area contributed by atoms with Crippen LogP contribution in [0.1, 0.15) is 25.1 Å². The zero-order chi connectivity index (χ0) is 11.7. The molecular weight excluding hydrogens is 216 g/mol. The van der Waals surface area contributed by atoms with Crippen molar-refractivity contribution in [2.75, 3.05) is 13.1 Å². The highest BCUT2D eigenvalue weighted by atomic mass is 16.2. The van der Waals surface area contributed by atoms with Crippen molar-refractivity contribution in [1.29, 1.82) is 0 Å². The molecule has 0 bridgehead atoms. The average Bonchev–Trinajstić information content (AvgIpc) is 3.04. The minimum absolute atomic E-state index is 0.243. The highest BCUT2D eigenvalue weighted by Gasteiger charge is 2.23. The van der Waals surface area contributed by atoms with Gasteiger partial charge in [-0.25, -0.2) is 4.98 Å². The molecule has 3 rings (SSSR count). The van der Waals surface area contributed by atoms with E-state index in [-0.39, 0.29) is 5.91 Å². The van der Waals surface area contributed by atoms with Crippen LogP contribution >= 0.6 is 0 Å². The maximum Gasteiger partial charge on any atom is 0.224 e. The van der Waals surface area contributed by atoms with Crippen LogP contribution < -0.4 is 5.32 Å². The molecule has 2 aliphatic rings. The largest absolute Gasteiger partial charge is 0.333 e. The second kappa shape index (κ2) is 4.49. The van der Waals surface area contributed by atoms with Gasteiger partial charge in [0, 0.05) is 44.5 Å². The number of hydrogen-bond donors (Lipinski definition) is 1. The van der Waals surface area contributed by atoms with Crippen LogP contribution in [0, 0.1) is 0 Å². The maximum absolute atomic E-state index is 12.0. The molecule has 1 amide bonds. The highest BCUT2D eigenvalue weighted by molar-refractivity contribution is 5.76. The predicted molar refractivity (Wildman–Crippen MR) is 63.3 cm³/mol. The number of nitrogens with zero attached hydrogens (tertiary/aromatic N) is 3. The minimum Gasteiger partial charge on any atom is -0.333 e. The molecule has 1 saturated carbocycles. The number of aromatic nitrogens is 2. The van der Waals surface area contributed by atoms with E-state index in [9.17, 15) is 4.79 Å². The highest BCUT2D eigenvalue weighted by Crippen LogP contribution is 2.18. The van der Waals surface area contributed by atoms with Crippen LogP contribution in [0.25, 0.3) is 0 Å². The molecule has 2 heterocycles. The van der Waals surface area contributed by atoms with Gasteiger partial charge in [0.1, 0.15) is 5.82 Å². The molecule has 0 unspecified atom stereocenters. The van der Waals surface area contributed by atoms with Gasteiger partial charge in [0.05, 0.1) is 6.54 Å². The Bertz CT molecular complexity index is 410. The number of amides is 1. The smallest absolute Gasteiger partial charge is 0.224 e. The standard InChI is InChI=1S/C12H18N4O/c17-12(3-4-13-10-1-2-10)16-8-7-15-6-5-14-11(15)9-16/h5-6,10,13H,1-4,7-9H2. The molecule has 92 valence electrons. The van der Waals surface area contributed by atoms with Crippen molar-refractivity contribution in [3.8, 4) is 0 Å². The minimum atomic E-state index is 0.243.